The summed E-state index contributed by atoms with van der Waals surface area (Å²) in [7, 11) is 0. The minimum absolute atomic E-state index is 0.0357. The number of benzene rings is 2. The molecule has 1 heterocycles. The van der Waals surface area contributed by atoms with Gasteiger partial charge in [-0.2, -0.15) is 5.10 Å². The number of nitrogens with one attached hydrogen (secondary N) is 2. The van der Waals surface area contributed by atoms with E-state index in [9.17, 15) is 9.59 Å². The number of nitrogens with zero attached hydrogens (tertiary/aromatic N) is 2. The molecule has 0 spiro atoms. The highest BCUT2D eigenvalue weighted by atomic mass is 16.2. The van der Waals surface area contributed by atoms with Crippen LogP contribution in [0.4, 0.5) is 0 Å². The second-order valence-corrected chi connectivity index (χ2v) is 5.77. The summed E-state index contributed by atoms with van der Waals surface area (Å²) in [6, 6.07) is 18.7. The first-order chi connectivity index (χ1) is 12.7. The fourth-order valence-corrected chi connectivity index (χ4v) is 2.50. The first-order valence-corrected chi connectivity index (χ1v) is 8.41. The van der Waals surface area contributed by atoms with Crippen LogP contribution in [0.3, 0.4) is 0 Å². The van der Waals surface area contributed by atoms with Gasteiger partial charge in [-0.05, 0) is 42.3 Å². The monoisotopic (exact) mass is 348 g/mol. The molecule has 0 aliphatic heterocycles. The Morgan fingerprint density at radius 1 is 0.923 bits per heavy atom. The van der Waals surface area contributed by atoms with Crippen LogP contribution in [0, 0.1) is 0 Å². The van der Waals surface area contributed by atoms with Crippen molar-refractivity contribution in [2.24, 2.45) is 0 Å². The van der Waals surface area contributed by atoms with E-state index in [1.54, 1.807) is 35.1 Å². The lowest BCUT2D eigenvalue weighted by molar-refractivity contribution is -0.120. The SMILES string of the molecule is O=C(CNC(=O)c1ccccc1)NCCc1ccc(-n2cccn2)cc1. The number of rotatable bonds is 7. The molecule has 0 saturated heterocycles. The molecule has 132 valence electrons. The lowest BCUT2D eigenvalue weighted by atomic mass is 10.1. The van der Waals surface area contributed by atoms with Crippen LogP contribution >= 0.6 is 0 Å². The van der Waals surface area contributed by atoms with E-state index < -0.39 is 0 Å². The minimum atomic E-state index is -0.255. The molecule has 6 heteroatoms. The van der Waals surface area contributed by atoms with Gasteiger partial charge >= 0.3 is 0 Å². The highest BCUT2D eigenvalue weighted by Crippen LogP contribution is 2.08. The van der Waals surface area contributed by atoms with Crippen molar-refractivity contribution in [3.05, 3.63) is 84.2 Å². The Kier molecular flexibility index (Phi) is 5.77. The number of carbonyl (C=O) groups is 2. The molecule has 0 aliphatic rings. The van der Waals surface area contributed by atoms with Crippen LogP contribution in [-0.2, 0) is 11.2 Å². The van der Waals surface area contributed by atoms with E-state index in [1.807, 2.05) is 42.6 Å². The van der Waals surface area contributed by atoms with Gasteiger partial charge in [0.1, 0.15) is 0 Å². The van der Waals surface area contributed by atoms with Gasteiger partial charge in [0.25, 0.3) is 5.91 Å². The third kappa shape index (κ3) is 4.80. The Hall–Kier alpha value is -3.41. The van der Waals surface area contributed by atoms with Gasteiger partial charge in [-0.3, -0.25) is 9.59 Å². The van der Waals surface area contributed by atoms with Crippen LogP contribution in [0.25, 0.3) is 5.69 Å². The molecule has 0 saturated carbocycles. The minimum Gasteiger partial charge on any atom is -0.354 e. The zero-order chi connectivity index (χ0) is 18.2. The zero-order valence-corrected chi connectivity index (χ0v) is 14.3. The van der Waals surface area contributed by atoms with Crippen LogP contribution in [0.15, 0.2) is 73.1 Å². The first-order valence-electron chi connectivity index (χ1n) is 8.41. The quantitative estimate of drug-likeness (QED) is 0.685. The fourth-order valence-electron chi connectivity index (χ4n) is 2.50. The van der Waals surface area contributed by atoms with Gasteiger partial charge in [-0.25, -0.2) is 4.68 Å². The summed E-state index contributed by atoms with van der Waals surface area (Å²) in [6.45, 7) is 0.479. The van der Waals surface area contributed by atoms with E-state index >= 15 is 0 Å². The summed E-state index contributed by atoms with van der Waals surface area (Å²) in [5.41, 5.74) is 2.65. The van der Waals surface area contributed by atoms with Crippen molar-refractivity contribution in [3.63, 3.8) is 0 Å². The van der Waals surface area contributed by atoms with Crippen LogP contribution in [-0.4, -0.2) is 34.7 Å². The molecule has 0 radical (unpaired) electrons. The molecule has 26 heavy (non-hydrogen) atoms. The molecule has 3 aromatic rings. The highest BCUT2D eigenvalue weighted by molar-refractivity contribution is 5.96. The third-order valence-corrected chi connectivity index (χ3v) is 3.89. The number of carbonyl (C=O) groups excluding carboxylic acids is 2. The molecule has 1 aromatic heterocycles. The zero-order valence-electron chi connectivity index (χ0n) is 14.3. The summed E-state index contributed by atoms with van der Waals surface area (Å²) in [4.78, 5) is 23.7. The van der Waals surface area contributed by atoms with Gasteiger partial charge < -0.3 is 10.6 Å². The molecule has 2 aromatic carbocycles. The Balaban J connectivity index is 1.39. The van der Waals surface area contributed by atoms with Gasteiger partial charge in [0.05, 0.1) is 12.2 Å². The molecule has 0 unspecified atom stereocenters. The average Bonchev–Trinajstić information content (AvgIpc) is 3.22. The third-order valence-electron chi connectivity index (χ3n) is 3.89. The molecule has 6 nitrogen and oxygen atoms in total. The fraction of sp³-hybridized carbons (Fsp3) is 0.150. The van der Waals surface area contributed by atoms with E-state index in [4.69, 9.17) is 0 Å². The smallest absolute Gasteiger partial charge is 0.251 e. The molecule has 0 fully saturated rings. The first kappa shape index (κ1) is 17.4. The van der Waals surface area contributed by atoms with Crippen molar-refractivity contribution in [2.75, 3.05) is 13.1 Å². The molecule has 0 aliphatic carbocycles. The van der Waals surface area contributed by atoms with Crippen molar-refractivity contribution >= 4 is 11.8 Å². The normalized spacial score (nSPS) is 10.3. The molecule has 0 atom stereocenters. The van der Waals surface area contributed by atoms with E-state index in [0.29, 0.717) is 12.1 Å². The Morgan fingerprint density at radius 2 is 1.69 bits per heavy atom. The van der Waals surface area contributed by atoms with E-state index in [1.165, 1.54) is 0 Å². The highest BCUT2D eigenvalue weighted by Gasteiger charge is 2.07. The molecular formula is C20H20N4O2. The van der Waals surface area contributed by atoms with Crippen LogP contribution < -0.4 is 10.6 Å². The standard InChI is InChI=1S/C20H20N4O2/c25-19(15-22-20(26)17-5-2-1-3-6-17)21-13-11-16-7-9-18(10-8-16)24-14-4-12-23-24/h1-10,12,14H,11,13,15H2,(H,21,25)(H,22,26). The van der Waals surface area contributed by atoms with E-state index in [2.05, 4.69) is 15.7 Å². The summed E-state index contributed by atoms with van der Waals surface area (Å²) in [5.74, 6) is -0.461. The van der Waals surface area contributed by atoms with Gasteiger partial charge in [0.2, 0.25) is 5.91 Å². The van der Waals surface area contributed by atoms with Crippen molar-refractivity contribution in [2.45, 2.75) is 6.42 Å². The summed E-state index contributed by atoms with van der Waals surface area (Å²) in [5, 5.41) is 9.60. The van der Waals surface area contributed by atoms with E-state index in [0.717, 1.165) is 17.7 Å². The number of hydrogen-bond donors (Lipinski definition) is 2. The van der Waals surface area contributed by atoms with Crippen molar-refractivity contribution < 1.29 is 9.59 Å². The Labute approximate surface area is 151 Å². The topological polar surface area (TPSA) is 76.0 Å². The lowest BCUT2D eigenvalue weighted by Crippen LogP contribution is -2.37. The molecule has 3 rings (SSSR count). The Bertz CT molecular complexity index is 843. The number of hydrogen-bond acceptors (Lipinski definition) is 3. The van der Waals surface area contributed by atoms with Crippen molar-refractivity contribution in [3.8, 4) is 5.69 Å². The second-order valence-electron chi connectivity index (χ2n) is 5.77. The average molecular weight is 348 g/mol. The largest absolute Gasteiger partial charge is 0.354 e. The van der Waals surface area contributed by atoms with Gasteiger partial charge in [0, 0.05) is 24.5 Å². The number of aromatic nitrogens is 2. The van der Waals surface area contributed by atoms with Crippen LogP contribution in [0.1, 0.15) is 15.9 Å². The lowest BCUT2D eigenvalue weighted by Gasteiger charge is -2.08. The second kappa shape index (κ2) is 8.62. The van der Waals surface area contributed by atoms with E-state index in [-0.39, 0.29) is 18.4 Å². The predicted octanol–water partition coefficient (Wildman–Crippen LogP) is 1.96. The number of amides is 2. The Morgan fingerprint density at radius 3 is 2.38 bits per heavy atom. The molecule has 0 bridgehead atoms. The van der Waals surface area contributed by atoms with Crippen LogP contribution in [0.5, 0.6) is 0 Å². The maximum absolute atomic E-state index is 11.9. The van der Waals surface area contributed by atoms with Crippen molar-refractivity contribution in [1.82, 2.24) is 20.4 Å². The maximum Gasteiger partial charge on any atom is 0.251 e. The molecule has 2 amide bonds. The maximum atomic E-state index is 11.9. The molecular weight excluding hydrogens is 328 g/mol. The van der Waals surface area contributed by atoms with Gasteiger partial charge in [-0.15, -0.1) is 0 Å². The van der Waals surface area contributed by atoms with Gasteiger partial charge in [-0.1, -0.05) is 30.3 Å². The summed E-state index contributed by atoms with van der Waals surface area (Å²) < 4.78 is 1.79. The summed E-state index contributed by atoms with van der Waals surface area (Å²) in [6.07, 6.45) is 4.34. The molecule has 2 N–H and O–H groups in total. The van der Waals surface area contributed by atoms with Crippen LogP contribution in [0.2, 0.25) is 0 Å². The predicted molar refractivity (Wildman–Crippen MR) is 99.1 cm³/mol. The summed E-state index contributed by atoms with van der Waals surface area (Å²) >= 11 is 0. The van der Waals surface area contributed by atoms with Gasteiger partial charge in [0.15, 0.2) is 0 Å². The van der Waals surface area contributed by atoms with Crippen molar-refractivity contribution in [1.29, 1.82) is 0 Å².